The topological polar surface area (TPSA) is 61.2 Å². The van der Waals surface area contributed by atoms with Crippen LogP contribution in [0.2, 0.25) is 0 Å². The molecule has 0 radical (unpaired) electrons. The van der Waals surface area contributed by atoms with Gasteiger partial charge in [-0.25, -0.2) is 0 Å². The summed E-state index contributed by atoms with van der Waals surface area (Å²) in [5, 5.41) is 8.69. The van der Waals surface area contributed by atoms with Crippen LogP contribution in [0, 0.1) is 17.2 Å². The van der Waals surface area contributed by atoms with Gasteiger partial charge in [0.05, 0.1) is 23.1 Å². The Bertz CT molecular complexity index is 467. The Balaban J connectivity index is 2.33. The Labute approximate surface area is 93.1 Å². The van der Waals surface area contributed by atoms with Gasteiger partial charge in [-0.3, -0.25) is 14.5 Å². The molecule has 2 amide bonds. The Morgan fingerprint density at radius 2 is 1.75 bits per heavy atom. The number of carbonyl (C=O) groups excluding carboxylic acids is 2. The molecule has 1 aromatic rings. The van der Waals surface area contributed by atoms with Crippen LogP contribution in [-0.4, -0.2) is 23.3 Å². The van der Waals surface area contributed by atoms with Crippen molar-refractivity contribution >= 4 is 11.8 Å². The van der Waals surface area contributed by atoms with Crippen molar-refractivity contribution in [1.82, 2.24) is 4.90 Å². The minimum Gasteiger partial charge on any atom is -0.273 e. The lowest BCUT2D eigenvalue weighted by atomic mass is 10.1. The number of hydrogen-bond donors (Lipinski definition) is 0. The summed E-state index contributed by atoms with van der Waals surface area (Å²) in [6, 6.07) is 8.72. The van der Waals surface area contributed by atoms with Crippen molar-refractivity contribution in [2.45, 2.75) is 6.92 Å². The molecule has 0 saturated carbocycles. The summed E-state index contributed by atoms with van der Waals surface area (Å²) in [6.07, 6.45) is 0. The highest BCUT2D eigenvalue weighted by Crippen LogP contribution is 2.22. The second-order valence-corrected chi connectivity index (χ2v) is 3.80. The van der Waals surface area contributed by atoms with Crippen molar-refractivity contribution in [2.24, 2.45) is 5.92 Å². The normalized spacial score (nSPS) is 15.9. The Morgan fingerprint density at radius 3 is 2.19 bits per heavy atom. The number of hydrogen-bond acceptors (Lipinski definition) is 3. The molecule has 1 atom stereocenters. The highest BCUT2D eigenvalue weighted by atomic mass is 16.2. The first-order valence-electron chi connectivity index (χ1n) is 5.00. The van der Waals surface area contributed by atoms with Crippen molar-refractivity contribution in [1.29, 1.82) is 5.26 Å². The van der Waals surface area contributed by atoms with Crippen LogP contribution in [0.1, 0.15) is 27.6 Å². The summed E-state index contributed by atoms with van der Waals surface area (Å²) in [6.45, 7) is 1.84. The fraction of sp³-hybridized carbons (Fsp3) is 0.250. The number of benzene rings is 1. The van der Waals surface area contributed by atoms with Crippen LogP contribution in [0.5, 0.6) is 0 Å². The first kappa shape index (κ1) is 10.4. The van der Waals surface area contributed by atoms with Gasteiger partial charge in [0.1, 0.15) is 0 Å². The predicted octanol–water partition coefficient (Wildman–Crippen LogP) is 1.44. The number of fused-ring (bicyclic) bond motifs is 1. The van der Waals surface area contributed by atoms with Crippen LogP contribution in [0.4, 0.5) is 0 Å². The standard InChI is InChI=1S/C12H10N2O2/c1-8(6-13)7-14-11(15)9-4-2-3-5-10(9)12(14)16/h2-5,8H,7H2,1H3/t8-/m0/s1. The van der Waals surface area contributed by atoms with Gasteiger partial charge >= 0.3 is 0 Å². The molecule has 1 aromatic carbocycles. The molecule has 0 aromatic heterocycles. The van der Waals surface area contributed by atoms with Crippen LogP contribution in [0.3, 0.4) is 0 Å². The molecule has 16 heavy (non-hydrogen) atoms. The molecule has 0 aliphatic carbocycles. The van der Waals surface area contributed by atoms with E-state index in [1.54, 1.807) is 31.2 Å². The average molecular weight is 214 g/mol. The third-order valence-corrected chi connectivity index (χ3v) is 2.56. The molecule has 1 heterocycles. The smallest absolute Gasteiger partial charge is 0.261 e. The van der Waals surface area contributed by atoms with E-state index in [9.17, 15) is 9.59 Å². The van der Waals surface area contributed by atoms with Gasteiger partial charge in [0.2, 0.25) is 0 Å². The zero-order valence-electron chi connectivity index (χ0n) is 8.80. The van der Waals surface area contributed by atoms with E-state index in [0.717, 1.165) is 4.90 Å². The highest BCUT2D eigenvalue weighted by Gasteiger charge is 2.35. The number of rotatable bonds is 2. The van der Waals surface area contributed by atoms with E-state index in [1.165, 1.54) is 0 Å². The van der Waals surface area contributed by atoms with E-state index in [-0.39, 0.29) is 24.3 Å². The van der Waals surface area contributed by atoms with E-state index < -0.39 is 0 Å². The van der Waals surface area contributed by atoms with E-state index in [4.69, 9.17) is 5.26 Å². The van der Waals surface area contributed by atoms with Crippen LogP contribution in [-0.2, 0) is 0 Å². The number of carbonyl (C=O) groups is 2. The molecule has 4 nitrogen and oxygen atoms in total. The van der Waals surface area contributed by atoms with E-state index in [2.05, 4.69) is 0 Å². The molecule has 0 fully saturated rings. The van der Waals surface area contributed by atoms with Crippen LogP contribution < -0.4 is 0 Å². The van der Waals surface area contributed by atoms with Gasteiger partial charge in [0.15, 0.2) is 0 Å². The van der Waals surface area contributed by atoms with E-state index in [1.807, 2.05) is 6.07 Å². The van der Waals surface area contributed by atoms with Crippen molar-refractivity contribution in [3.8, 4) is 6.07 Å². The highest BCUT2D eigenvalue weighted by molar-refractivity contribution is 6.21. The van der Waals surface area contributed by atoms with Crippen molar-refractivity contribution < 1.29 is 9.59 Å². The SMILES string of the molecule is C[C@@H](C#N)CN1C(=O)c2ccccc2C1=O. The Morgan fingerprint density at radius 1 is 1.25 bits per heavy atom. The van der Waals surface area contributed by atoms with Gasteiger partial charge in [-0.15, -0.1) is 0 Å². The largest absolute Gasteiger partial charge is 0.273 e. The van der Waals surface area contributed by atoms with Crippen molar-refractivity contribution in [2.75, 3.05) is 6.54 Å². The summed E-state index contributed by atoms with van der Waals surface area (Å²) in [7, 11) is 0. The number of nitrogens with zero attached hydrogens (tertiary/aromatic N) is 2. The molecule has 80 valence electrons. The van der Waals surface area contributed by atoms with E-state index in [0.29, 0.717) is 11.1 Å². The second-order valence-electron chi connectivity index (χ2n) is 3.80. The van der Waals surface area contributed by atoms with Gasteiger partial charge in [-0.05, 0) is 19.1 Å². The number of amides is 2. The summed E-state index contributed by atoms with van der Waals surface area (Å²) in [4.78, 5) is 24.8. The maximum Gasteiger partial charge on any atom is 0.261 e. The van der Waals surface area contributed by atoms with Gasteiger partial charge in [-0.2, -0.15) is 5.26 Å². The van der Waals surface area contributed by atoms with Crippen LogP contribution in [0.15, 0.2) is 24.3 Å². The lowest BCUT2D eigenvalue weighted by Crippen LogP contribution is -2.33. The second kappa shape index (κ2) is 3.78. The molecule has 0 bridgehead atoms. The molecule has 4 heteroatoms. The molecule has 0 unspecified atom stereocenters. The van der Waals surface area contributed by atoms with Gasteiger partial charge in [0.25, 0.3) is 11.8 Å². The summed E-state index contributed by atoms with van der Waals surface area (Å²) >= 11 is 0. The van der Waals surface area contributed by atoms with Gasteiger partial charge in [0, 0.05) is 6.54 Å². The average Bonchev–Trinajstić information content (AvgIpc) is 2.55. The molecular formula is C12H10N2O2. The third-order valence-electron chi connectivity index (χ3n) is 2.56. The fourth-order valence-electron chi connectivity index (χ4n) is 1.72. The molecular weight excluding hydrogens is 204 g/mol. The summed E-state index contributed by atoms with van der Waals surface area (Å²) in [5.41, 5.74) is 0.857. The van der Waals surface area contributed by atoms with Gasteiger partial charge < -0.3 is 0 Å². The van der Waals surface area contributed by atoms with Gasteiger partial charge in [-0.1, -0.05) is 12.1 Å². The molecule has 1 aliphatic heterocycles. The minimum absolute atomic E-state index is 0.156. The summed E-state index contributed by atoms with van der Waals surface area (Å²) in [5.74, 6) is -0.951. The maximum atomic E-state index is 11.9. The van der Waals surface area contributed by atoms with Crippen molar-refractivity contribution in [3.63, 3.8) is 0 Å². The number of nitriles is 1. The predicted molar refractivity (Wildman–Crippen MR) is 56.6 cm³/mol. The van der Waals surface area contributed by atoms with Crippen molar-refractivity contribution in [3.05, 3.63) is 35.4 Å². The minimum atomic E-state index is -0.345. The monoisotopic (exact) mass is 214 g/mol. The zero-order chi connectivity index (χ0) is 11.7. The molecule has 1 aliphatic rings. The number of imide groups is 1. The third kappa shape index (κ3) is 1.47. The molecule has 2 rings (SSSR count). The molecule has 0 spiro atoms. The van der Waals surface area contributed by atoms with Crippen LogP contribution in [0.25, 0.3) is 0 Å². The maximum absolute atomic E-state index is 11.9. The molecule has 0 saturated heterocycles. The van der Waals surface area contributed by atoms with Crippen LogP contribution >= 0.6 is 0 Å². The Hall–Kier alpha value is -2.15. The lowest BCUT2D eigenvalue weighted by Gasteiger charge is -2.14. The zero-order valence-corrected chi connectivity index (χ0v) is 8.80. The molecule has 0 N–H and O–H groups in total. The quantitative estimate of drug-likeness (QED) is 0.700. The van der Waals surface area contributed by atoms with E-state index >= 15 is 0 Å². The first-order chi connectivity index (χ1) is 7.65. The Kier molecular flexibility index (Phi) is 2.45. The first-order valence-corrected chi connectivity index (χ1v) is 5.00. The lowest BCUT2D eigenvalue weighted by molar-refractivity contribution is 0.0643. The summed E-state index contributed by atoms with van der Waals surface area (Å²) < 4.78 is 0. The fourth-order valence-corrected chi connectivity index (χ4v) is 1.72.